The van der Waals surface area contributed by atoms with Gasteiger partial charge in [0.2, 0.25) is 6.79 Å². The van der Waals surface area contributed by atoms with E-state index >= 15 is 0 Å². The third kappa shape index (κ3) is 5.14. The van der Waals surface area contributed by atoms with Crippen LogP contribution >= 0.6 is 0 Å². The number of fused-ring (bicyclic) bond motifs is 3. The van der Waals surface area contributed by atoms with E-state index in [0.29, 0.717) is 45.4 Å². The Kier molecular flexibility index (Phi) is 6.31. The van der Waals surface area contributed by atoms with Gasteiger partial charge < -0.3 is 20.1 Å². The molecule has 0 fully saturated rings. The lowest BCUT2D eigenvalue weighted by Crippen LogP contribution is -2.13. The van der Waals surface area contributed by atoms with Gasteiger partial charge in [0.1, 0.15) is 5.82 Å². The number of rotatable bonds is 5. The lowest BCUT2D eigenvalue weighted by atomic mass is 10.0. The molecule has 7 rings (SSSR count). The van der Waals surface area contributed by atoms with Gasteiger partial charge in [-0.1, -0.05) is 42.5 Å². The molecule has 0 atom stereocenters. The van der Waals surface area contributed by atoms with Crippen LogP contribution in [0.25, 0.3) is 33.1 Å². The van der Waals surface area contributed by atoms with Crippen molar-refractivity contribution in [1.82, 2.24) is 9.97 Å². The SMILES string of the molecule is O=C(Nc1ccc2nc(-c3cccc4ccccc34)nc(Nc3ccc4c(c3)OCO4)c2c1)c1ccc(C(F)(F)F)cc1. The monoisotopic (exact) mass is 578 g/mol. The Morgan fingerprint density at radius 2 is 1.51 bits per heavy atom. The van der Waals surface area contributed by atoms with Crippen molar-refractivity contribution in [3.05, 3.63) is 114 Å². The van der Waals surface area contributed by atoms with Crippen molar-refractivity contribution in [3.8, 4) is 22.9 Å². The quantitative estimate of drug-likeness (QED) is 0.215. The Hall–Kier alpha value is -5.64. The van der Waals surface area contributed by atoms with Gasteiger partial charge in [-0.3, -0.25) is 4.79 Å². The standard InChI is InChI=1S/C33H21F3N4O3/c34-33(35,36)21-10-8-20(9-11-21)32(41)38-22-12-14-27-26(16-22)31(37-23-13-15-28-29(17-23)43-18-42-28)40-30(39-27)25-7-3-5-19-4-1-2-6-24(19)25/h1-17H,18H2,(H,38,41)(H,37,39,40). The van der Waals surface area contributed by atoms with Gasteiger partial charge in [-0.05, 0) is 65.4 Å². The lowest BCUT2D eigenvalue weighted by molar-refractivity contribution is -0.137. The van der Waals surface area contributed by atoms with Crippen LogP contribution < -0.4 is 20.1 Å². The van der Waals surface area contributed by atoms with Crippen LogP contribution in [0.1, 0.15) is 15.9 Å². The third-order valence-electron chi connectivity index (χ3n) is 7.09. The summed E-state index contributed by atoms with van der Waals surface area (Å²) in [6, 6.07) is 28.6. The fourth-order valence-electron chi connectivity index (χ4n) is 4.97. The van der Waals surface area contributed by atoms with Crippen LogP contribution in [0, 0.1) is 0 Å². The van der Waals surface area contributed by atoms with E-state index < -0.39 is 17.6 Å². The van der Waals surface area contributed by atoms with E-state index in [9.17, 15) is 18.0 Å². The summed E-state index contributed by atoms with van der Waals surface area (Å²) in [6.07, 6.45) is -4.49. The molecule has 43 heavy (non-hydrogen) atoms. The predicted molar refractivity (Wildman–Crippen MR) is 158 cm³/mol. The van der Waals surface area contributed by atoms with Gasteiger partial charge in [-0.2, -0.15) is 13.2 Å². The van der Waals surface area contributed by atoms with Gasteiger partial charge in [0, 0.05) is 34.0 Å². The summed E-state index contributed by atoms with van der Waals surface area (Å²) in [7, 11) is 0. The van der Waals surface area contributed by atoms with Gasteiger partial charge in [-0.15, -0.1) is 0 Å². The van der Waals surface area contributed by atoms with Crippen molar-refractivity contribution in [2.75, 3.05) is 17.4 Å². The van der Waals surface area contributed by atoms with E-state index in [1.165, 1.54) is 0 Å². The zero-order valence-electron chi connectivity index (χ0n) is 22.3. The second-order valence-electron chi connectivity index (χ2n) is 9.88. The number of benzene rings is 5. The fraction of sp³-hybridized carbons (Fsp3) is 0.0606. The molecule has 0 saturated heterocycles. The average molecular weight is 579 g/mol. The Balaban J connectivity index is 1.29. The number of carbonyl (C=O) groups is 1. The minimum absolute atomic E-state index is 0.0920. The number of hydrogen-bond acceptors (Lipinski definition) is 6. The molecule has 1 aromatic heterocycles. The first kappa shape index (κ1) is 26.3. The average Bonchev–Trinajstić information content (AvgIpc) is 3.48. The molecular formula is C33H21F3N4O3. The fourth-order valence-corrected chi connectivity index (χ4v) is 4.97. The highest BCUT2D eigenvalue weighted by Crippen LogP contribution is 2.37. The molecule has 0 radical (unpaired) electrons. The number of ether oxygens (including phenoxy) is 2. The van der Waals surface area contributed by atoms with Crippen LogP contribution in [0.5, 0.6) is 11.5 Å². The molecular weight excluding hydrogens is 557 g/mol. The molecule has 1 aliphatic heterocycles. The molecule has 0 saturated carbocycles. The summed E-state index contributed by atoms with van der Waals surface area (Å²) >= 11 is 0. The summed E-state index contributed by atoms with van der Waals surface area (Å²) in [6.45, 7) is 0.141. The maximum absolute atomic E-state index is 13.0. The third-order valence-corrected chi connectivity index (χ3v) is 7.09. The molecule has 212 valence electrons. The van der Waals surface area contributed by atoms with Crippen molar-refractivity contribution in [3.63, 3.8) is 0 Å². The Morgan fingerprint density at radius 3 is 2.35 bits per heavy atom. The maximum atomic E-state index is 13.0. The number of nitrogens with zero attached hydrogens (tertiary/aromatic N) is 2. The van der Waals surface area contributed by atoms with Crippen molar-refractivity contribution in [2.45, 2.75) is 6.18 Å². The summed E-state index contributed by atoms with van der Waals surface area (Å²) in [5.74, 6) is 1.68. The Labute approximate surface area is 242 Å². The number of halogens is 3. The second-order valence-corrected chi connectivity index (χ2v) is 9.88. The molecule has 10 heteroatoms. The largest absolute Gasteiger partial charge is 0.454 e. The van der Waals surface area contributed by atoms with Crippen molar-refractivity contribution in [2.24, 2.45) is 0 Å². The van der Waals surface area contributed by atoms with Crippen molar-refractivity contribution >= 4 is 44.8 Å². The topological polar surface area (TPSA) is 85.4 Å². The molecule has 0 bridgehead atoms. The predicted octanol–water partition coefficient (Wildman–Crippen LogP) is 8.19. The highest BCUT2D eigenvalue weighted by molar-refractivity contribution is 6.06. The summed E-state index contributed by atoms with van der Waals surface area (Å²) < 4.78 is 49.8. The molecule has 6 aromatic rings. The molecule has 1 amide bonds. The smallest absolute Gasteiger partial charge is 0.416 e. The van der Waals surface area contributed by atoms with E-state index in [1.54, 1.807) is 24.3 Å². The molecule has 2 N–H and O–H groups in total. The summed E-state index contributed by atoms with van der Waals surface area (Å²) in [4.78, 5) is 22.7. The molecule has 0 spiro atoms. The van der Waals surface area contributed by atoms with Crippen LogP contribution in [-0.4, -0.2) is 22.7 Å². The number of alkyl halides is 3. The minimum Gasteiger partial charge on any atom is -0.454 e. The van der Waals surface area contributed by atoms with E-state index in [2.05, 4.69) is 10.6 Å². The summed E-state index contributed by atoms with van der Waals surface area (Å²) in [5.41, 5.74) is 1.87. The molecule has 1 aliphatic rings. The van der Waals surface area contributed by atoms with Gasteiger partial charge >= 0.3 is 6.18 Å². The van der Waals surface area contributed by atoms with Crippen LogP contribution in [0.2, 0.25) is 0 Å². The zero-order valence-corrected chi connectivity index (χ0v) is 22.3. The van der Waals surface area contributed by atoms with Gasteiger partial charge in [0.15, 0.2) is 17.3 Å². The molecule has 7 nitrogen and oxygen atoms in total. The number of hydrogen-bond donors (Lipinski definition) is 2. The van der Waals surface area contributed by atoms with Gasteiger partial charge in [0.05, 0.1) is 11.1 Å². The maximum Gasteiger partial charge on any atom is 0.416 e. The van der Waals surface area contributed by atoms with E-state index in [1.807, 2.05) is 54.6 Å². The highest BCUT2D eigenvalue weighted by atomic mass is 19.4. The first-order valence-electron chi connectivity index (χ1n) is 13.3. The van der Waals surface area contributed by atoms with Crippen molar-refractivity contribution < 1.29 is 27.4 Å². The number of amides is 1. The van der Waals surface area contributed by atoms with Gasteiger partial charge in [0.25, 0.3) is 5.91 Å². The van der Waals surface area contributed by atoms with E-state index in [0.717, 1.165) is 40.6 Å². The van der Waals surface area contributed by atoms with Gasteiger partial charge in [-0.25, -0.2) is 9.97 Å². The molecule has 5 aromatic carbocycles. The van der Waals surface area contributed by atoms with Crippen LogP contribution in [-0.2, 0) is 6.18 Å². The van der Waals surface area contributed by atoms with Crippen LogP contribution in [0.4, 0.5) is 30.4 Å². The first-order valence-corrected chi connectivity index (χ1v) is 13.3. The lowest BCUT2D eigenvalue weighted by Gasteiger charge is -2.14. The molecule has 2 heterocycles. The van der Waals surface area contributed by atoms with Crippen molar-refractivity contribution in [1.29, 1.82) is 0 Å². The molecule has 0 unspecified atom stereocenters. The van der Waals surface area contributed by atoms with E-state index in [4.69, 9.17) is 19.4 Å². The number of anilines is 3. The number of nitrogens with one attached hydrogen (secondary N) is 2. The highest BCUT2D eigenvalue weighted by Gasteiger charge is 2.30. The number of aromatic nitrogens is 2. The Morgan fingerprint density at radius 1 is 0.744 bits per heavy atom. The van der Waals surface area contributed by atoms with E-state index in [-0.39, 0.29) is 12.4 Å². The normalized spacial score (nSPS) is 12.4. The number of carbonyl (C=O) groups excluding carboxylic acids is 1. The summed E-state index contributed by atoms with van der Waals surface area (Å²) in [5, 5.41) is 8.79. The zero-order chi connectivity index (χ0) is 29.6. The minimum atomic E-state index is -4.49. The molecule has 0 aliphatic carbocycles. The van der Waals surface area contributed by atoms with Crippen LogP contribution in [0.3, 0.4) is 0 Å². The Bertz CT molecular complexity index is 2020. The van der Waals surface area contributed by atoms with Crippen LogP contribution in [0.15, 0.2) is 103 Å². The first-order chi connectivity index (χ1) is 20.8. The second kappa shape index (κ2) is 10.3.